The Balaban J connectivity index is 1.63. The van der Waals surface area contributed by atoms with Gasteiger partial charge in [0.2, 0.25) is 5.91 Å². The minimum absolute atomic E-state index is 0.143. The van der Waals surface area contributed by atoms with E-state index in [9.17, 15) is 13.2 Å². The molecule has 0 radical (unpaired) electrons. The maximum Gasteiger partial charge on any atom is 0.234 e. The third-order valence-electron chi connectivity index (χ3n) is 4.26. The number of amides is 1. The first-order valence-electron chi connectivity index (χ1n) is 8.91. The Labute approximate surface area is 174 Å². The van der Waals surface area contributed by atoms with Crippen LogP contribution in [-0.2, 0) is 27.4 Å². The van der Waals surface area contributed by atoms with E-state index in [1.807, 2.05) is 38.1 Å². The molecule has 3 rings (SSSR count). The van der Waals surface area contributed by atoms with E-state index in [1.165, 1.54) is 11.8 Å². The van der Waals surface area contributed by atoms with Gasteiger partial charge in [-0.15, -0.1) is 10.2 Å². The fourth-order valence-electron chi connectivity index (χ4n) is 2.65. The largest absolute Gasteiger partial charge is 0.325 e. The van der Waals surface area contributed by atoms with Crippen LogP contribution in [0.4, 0.5) is 5.69 Å². The zero-order valence-corrected chi connectivity index (χ0v) is 18.0. The van der Waals surface area contributed by atoms with Gasteiger partial charge in [-0.1, -0.05) is 41.6 Å². The first kappa shape index (κ1) is 21.1. The van der Waals surface area contributed by atoms with Gasteiger partial charge in [-0.3, -0.25) is 4.79 Å². The number of carbonyl (C=O) groups excluding carboxylic acids is 1. The summed E-state index contributed by atoms with van der Waals surface area (Å²) in [4.78, 5) is 12.4. The summed E-state index contributed by atoms with van der Waals surface area (Å²) in [6.45, 7) is 3.85. The standard InChI is InChI=1S/C20H22N4O3S2/c1-14-7-9-17(10-8-14)29(26,27)13-18-22-23-20(24(18)3)28-12-19(25)21-16-6-4-5-15(2)11-16/h4-11H,12-13H2,1-3H3,(H,21,25). The highest BCUT2D eigenvalue weighted by Gasteiger charge is 2.20. The Morgan fingerprint density at radius 1 is 1.07 bits per heavy atom. The molecule has 0 aliphatic rings. The Hall–Kier alpha value is -2.65. The molecule has 0 atom stereocenters. The van der Waals surface area contributed by atoms with Gasteiger partial charge in [0.15, 0.2) is 15.0 Å². The molecule has 9 heteroatoms. The smallest absolute Gasteiger partial charge is 0.234 e. The monoisotopic (exact) mass is 430 g/mol. The minimum Gasteiger partial charge on any atom is -0.325 e. The van der Waals surface area contributed by atoms with Gasteiger partial charge in [0.25, 0.3) is 0 Å². The Bertz CT molecular complexity index is 1120. The van der Waals surface area contributed by atoms with E-state index < -0.39 is 9.84 Å². The third-order valence-corrected chi connectivity index (χ3v) is 6.91. The molecule has 7 nitrogen and oxygen atoms in total. The molecular formula is C20H22N4O3S2. The van der Waals surface area contributed by atoms with Crippen molar-refractivity contribution in [2.24, 2.45) is 7.05 Å². The summed E-state index contributed by atoms with van der Waals surface area (Å²) in [5.41, 5.74) is 2.78. The molecule has 1 heterocycles. The highest BCUT2D eigenvalue weighted by atomic mass is 32.2. The fourth-order valence-corrected chi connectivity index (χ4v) is 4.68. The third kappa shape index (κ3) is 5.45. The molecular weight excluding hydrogens is 408 g/mol. The molecule has 0 unspecified atom stereocenters. The number of aromatic nitrogens is 3. The van der Waals surface area contributed by atoms with Gasteiger partial charge in [-0.2, -0.15) is 0 Å². The van der Waals surface area contributed by atoms with Crippen molar-refractivity contribution in [2.75, 3.05) is 11.1 Å². The Kier molecular flexibility index (Phi) is 6.39. The molecule has 3 aromatic rings. The van der Waals surface area contributed by atoms with Gasteiger partial charge in [0.05, 0.1) is 10.6 Å². The van der Waals surface area contributed by atoms with Crippen molar-refractivity contribution in [1.82, 2.24) is 14.8 Å². The number of hydrogen-bond acceptors (Lipinski definition) is 6. The first-order chi connectivity index (χ1) is 13.7. The number of thioether (sulfide) groups is 1. The van der Waals surface area contributed by atoms with Crippen molar-refractivity contribution < 1.29 is 13.2 Å². The number of aryl methyl sites for hydroxylation is 2. The topological polar surface area (TPSA) is 94.0 Å². The van der Waals surface area contributed by atoms with Crippen LogP contribution >= 0.6 is 11.8 Å². The lowest BCUT2D eigenvalue weighted by Gasteiger charge is -2.07. The van der Waals surface area contributed by atoms with Crippen molar-refractivity contribution in [2.45, 2.75) is 29.7 Å². The van der Waals surface area contributed by atoms with Crippen LogP contribution in [0.5, 0.6) is 0 Å². The zero-order valence-electron chi connectivity index (χ0n) is 16.4. The summed E-state index contributed by atoms with van der Waals surface area (Å²) in [5.74, 6) is 0.0462. The molecule has 0 aliphatic carbocycles. The number of rotatable bonds is 7. The van der Waals surface area contributed by atoms with Crippen molar-refractivity contribution in [3.8, 4) is 0 Å². The summed E-state index contributed by atoms with van der Waals surface area (Å²) < 4.78 is 26.8. The van der Waals surface area contributed by atoms with Crippen LogP contribution in [0.25, 0.3) is 0 Å². The van der Waals surface area contributed by atoms with E-state index >= 15 is 0 Å². The minimum atomic E-state index is -3.53. The summed E-state index contributed by atoms with van der Waals surface area (Å²) in [7, 11) is -1.83. The Morgan fingerprint density at radius 3 is 2.48 bits per heavy atom. The molecule has 0 aliphatic heterocycles. The first-order valence-corrected chi connectivity index (χ1v) is 11.6. The van der Waals surface area contributed by atoms with Gasteiger partial charge < -0.3 is 9.88 Å². The van der Waals surface area contributed by atoms with Crippen LogP contribution < -0.4 is 5.32 Å². The van der Waals surface area contributed by atoms with E-state index in [1.54, 1.807) is 35.9 Å². The summed E-state index contributed by atoms with van der Waals surface area (Å²) in [6.07, 6.45) is 0. The molecule has 0 bridgehead atoms. The highest BCUT2D eigenvalue weighted by Crippen LogP contribution is 2.20. The number of nitrogens with one attached hydrogen (secondary N) is 1. The summed E-state index contributed by atoms with van der Waals surface area (Å²) >= 11 is 1.21. The van der Waals surface area contributed by atoms with E-state index in [2.05, 4.69) is 15.5 Å². The summed E-state index contributed by atoms with van der Waals surface area (Å²) in [6, 6.07) is 14.2. The van der Waals surface area contributed by atoms with Crippen LogP contribution in [0.2, 0.25) is 0 Å². The van der Waals surface area contributed by atoms with Gasteiger partial charge in [0, 0.05) is 12.7 Å². The van der Waals surface area contributed by atoms with Crippen molar-refractivity contribution in [3.63, 3.8) is 0 Å². The number of sulfone groups is 1. The van der Waals surface area contributed by atoms with E-state index in [0.717, 1.165) is 16.8 Å². The number of carbonyl (C=O) groups is 1. The van der Waals surface area contributed by atoms with Crippen molar-refractivity contribution >= 4 is 33.2 Å². The molecule has 152 valence electrons. The van der Waals surface area contributed by atoms with E-state index in [0.29, 0.717) is 11.0 Å². The fraction of sp³-hybridized carbons (Fsp3) is 0.250. The van der Waals surface area contributed by atoms with Gasteiger partial charge >= 0.3 is 0 Å². The van der Waals surface area contributed by atoms with Crippen molar-refractivity contribution in [1.29, 1.82) is 0 Å². The van der Waals surface area contributed by atoms with E-state index in [-0.39, 0.29) is 22.3 Å². The van der Waals surface area contributed by atoms with Crippen LogP contribution in [0.1, 0.15) is 17.0 Å². The second kappa shape index (κ2) is 8.79. The molecule has 0 saturated carbocycles. The van der Waals surface area contributed by atoms with Crippen LogP contribution in [0, 0.1) is 13.8 Å². The molecule has 29 heavy (non-hydrogen) atoms. The predicted molar refractivity (Wildman–Crippen MR) is 114 cm³/mol. The molecule has 2 aromatic carbocycles. The maximum absolute atomic E-state index is 12.6. The maximum atomic E-state index is 12.6. The number of nitrogens with zero attached hydrogens (tertiary/aromatic N) is 3. The predicted octanol–water partition coefficient (Wildman–Crippen LogP) is 3.14. The molecule has 0 saturated heterocycles. The SMILES string of the molecule is Cc1ccc(S(=O)(=O)Cc2nnc(SCC(=O)Nc3cccc(C)c3)n2C)cc1. The lowest BCUT2D eigenvalue weighted by atomic mass is 10.2. The molecule has 1 N–H and O–H groups in total. The second-order valence-electron chi connectivity index (χ2n) is 6.74. The highest BCUT2D eigenvalue weighted by molar-refractivity contribution is 7.99. The van der Waals surface area contributed by atoms with Gasteiger partial charge in [-0.25, -0.2) is 8.42 Å². The lowest BCUT2D eigenvalue weighted by molar-refractivity contribution is -0.113. The number of hydrogen-bond donors (Lipinski definition) is 1. The Morgan fingerprint density at radius 2 is 1.79 bits per heavy atom. The summed E-state index contributed by atoms with van der Waals surface area (Å²) in [5, 5.41) is 11.3. The normalized spacial score (nSPS) is 11.4. The van der Waals surface area contributed by atoms with Gasteiger partial charge in [-0.05, 0) is 43.7 Å². The van der Waals surface area contributed by atoms with Gasteiger partial charge in [0.1, 0.15) is 11.6 Å². The average molecular weight is 431 g/mol. The van der Waals surface area contributed by atoms with E-state index in [4.69, 9.17) is 0 Å². The average Bonchev–Trinajstić information content (AvgIpc) is 2.99. The molecule has 1 amide bonds. The molecule has 0 fully saturated rings. The quantitative estimate of drug-likeness (QED) is 0.579. The zero-order chi connectivity index (χ0) is 21.0. The van der Waals surface area contributed by atoms with Crippen LogP contribution in [0.15, 0.2) is 58.6 Å². The second-order valence-corrected chi connectivity index (χ2v) is 9.67. The molecule has 1 aromatic heterocycles. The van der Waals surface area contributed by atoms with Crippen LogP contribution in [0.3, 0.4) is 0 Å². The lowest BCUT2D eigenvalue weighted by Crippen LogP contribution is -2.14. The van der Waals surface area contributed by atoms with Crippen LogP contribution in [-0.4, -0.2) is 34.8 Å². The molecule has 0 spiro atoms. The number of benzene rings is 2. The van der Waals surface area contributed by atoms with Crippen molar-refractivity contribution in [3.05, 3.63) is 65.5 Å². The number of anilines is 1.